The number of hydrogen-bond acceptors (Lipinski definition) is 1. The van der Waals surface area contributed by atoms with Crippen molar-refractivity contribution in [3.8, 4) is 0 Å². The third-order valence-electron chi connectivity index (χ3n) is 3.43. The normalized spacial score (nSPS) is 21.9. The molecule has 0 radical (unpaired) electrons. The zero-order valence-corrected chi connectivity index (χ0v) is 10.9. The van der Waals surface area contributed by atoms with Crippen LogP contribution in [-0.4, -0.2) is 6.10 Å². The maximum atomic E-state index is 5.79. The summed E-state index contributed by atoms with van der Waals surface area (Å²) in [4.78, 5) is 0. The van der Waals surface area contributed by atoms with Crippen LogP contribution in [0.25, 0.3) is 0 Å². The summed E-state index contributed by atoms with van der Waals surface area (Å²) in [5.74, 6) is 0. The molecule has 0 aliphatic carbocycles. The maximum Gasteiger partial charge on any atom is 0.109 e. The van der Waals surface area contributed by atoms with Crippen molar-refractivity contribution >= 4 is 0 Å². The summed E-state index contributed by atoms with van der Waals surface area (Å²) in [6, 6.07) is 17.2. The average molecular weight is 238 g/mol. The van der Waals surface area contributed by atoms with Gasteiger partial charge in [-0.15, -0.1) is 0 Å². The van der Waals surface area contributed by atoms with Crippen LogP contribution in [0.1, 0.15) is 28.4 Å². The molecule has 1 heteroatoms. The van der Waals surface area contributed by atoms with Gasteiger partial charge in [-0.05, 0) is 25.0 Å². The van der Waals surface area contributed by atoms with E-state index in [-0.39, 0.29) is 0 Å². The van der Waals surface area contributed by atoms with Crippen molar-refractivity contribution in [1.82, 2.24) is 0 Å². The van der Waals surface area contributed by atoms with Crippen molar-refractivity contribution in [3.63, 3.8) is 0 Å². The second kappa shape index (κ2) is 4.58. The van der Waals surface area contributed by atoms with Gasteiger partial charge < -0.3 is 4.74 Å². The SMILES string of the molecule is Cc1cc(C)cc(C[C@@H]2O[C@H]2c2ccccc2)c1. The fourth-order valence-corrected chi connectivity index (χ4v) is 2.65. The second-order valence-corrected chi connectivity index (χ2v) is 5.21. The third kappa shape index (κ3) is 2.46. The zero-order valence-electron chi connectivity index (χ0n) is 10.9. The summed E-state index contributed by atoms with van der Waals surface area (Å²) in [6.07, 6.45) is 1.67. The highest BCUT2D eigenvalue weighted by Gasteiger charge is 2.39. The lowest BCUT2D eigenvalue weighted by Gasteiger charge is -2.03. The minimum Gasteiger partial charge on any atom is -0.364 e. The van der Waals surface area contributed by atoms with Gasteiger partial charge in [0.1, 0.15) is 6.10 Å². The van der Waals surface area contributed by atoms with Gasteiger partial charge in [-0.1, -0.05) is 59.7 Å². The molecule has 0 N–H and O–H groups in total. The van der Waals surface area contributed by atoms with E-state index in [0.717, 1.165) is 6.42 Å². The molecule has 1 heterocycles. The maximum absolute atomic E-state index is 5.79. The van der Waals surface area contributed by atoms with Crippen molar-refractivity contribution in [1.29, 1.82) is 0 Å². The predicted molar refractivity (Wildman–Crippen MR) is 73.7 cm³/mol. The molecule has 3 rings (SSSR count). The van der Waals surface area contributed by atoms with Gasteiger partial charge in [0.2, 0.25) is 0 Å². The van der Waals surface area contributed by atoms with Crippen molar-refractivity contribution in [2.24, 2.45) is 0 Å². The topological polar surface area (TPSA) is 12.5 Å². The molecule has 92 valence electrons. The molecule has 0 bridgehead atoms. The van der Waals surface area contributed by atoms with E-state index in [4.69, 9.17) is 4.74 Å². The lowest BCUT2D eigenvalue weighted by atomic mass is 10.0. The van der Waals surface area contributed by atoms with Crippen LogP contribution < -0.4 is 0 Å². The van der Waals surface area contributed by atoms with E-state index in [1.807, 2.05) is 6.07 Å². The molecule has 0 saturated carbocycles. The van der Waals surface area contributed by atoms with Gasteiger partial charge in [0.15, 0.2) is 0 Å². The van der Waals surface area contributed by atoms with Crippen LogP contribution >= 0.6 is 0 Å². The predicted octanol–water partition coefficient (Wildman–Crippen LogP) is 3.99. The standard InChI is InChI=1S/C17H18O/c1-12-8-13(2)10-14(9-12)11-16-17(18-16)15-6-4-3-5-7-15/h3-10,16-17H,11H2,1-2H3/t16-,17-/m0/s1. The van der Waals surface area contributed by atoms with Crippen LogP contribution in [0.2, 0.25) is 0 Å². The summed E-state index contributed by atoms with van der Waals surface area (Å²) >= 11 is 0. The molecular weight excluding hydrogens is 220 g/mol. The van der Waals surface area contributed by atoms with Crippen LogP contribution in [0.3, 0.4) is 0 Å². The Labute approximate surface area is 108 Å². The van der Waals surface area contributed by atoms with E-state index < -0.39 is 0 Å². The molecule has 1 nitrogen and oxygen atoms in total. The second-order valence-electron chi connectivity index (χ2n) is 5.21. The molecule has 2 aromatic carbocycles. The minimum absolute atomic E-state index is 0.298. The fraction of sp³-hybridized carbons (Fsp3) is 0.294. The molecule has 1 fully saturated rings. The summed E-state index contributed by atoms with van der Waals surface area (Å²) in [5, 5.41) is 0. The Morgan fingerprint density at radius 3 is 2.28 bits per heavy atom. The molecule has 0 amide bonds. The van der Waals surface area contributed by atoms with Gasteiger partial charge >= 0.3 is 0 Å². The van der Waals surface area contributed by atoms with E-state index in [1.54, 1.807) is 0 Å². The van der Waals surface area contributed by atoms with E-state index >= 15 is 0 Å². The third-order valence-corrected chi connectivity index (χ3v) is 3.43. The first-order valence-corrected chi connectivity index (χ1v) is 6.50. The molecule has 18 heavy (non-hydrogen) atoms. The van der Waals surface area contributed by atoms with Crippen LogP contribution in [0, 0.1) is 13.8 Å². The van der Waals surface area contributed by atoms with Gasteiger partial charge in [-0.3, -0.25) is 0 Å². The largest absolute Gasteiger partial charge is 0.364 e. The van der Waals surface area contributed by atoms with Gasteiger partial charge in [-0.25, -0.2) is 0 Å². The fourth-order valence-electron chi connectivity index (χ4n) is 2.65. The van der Waals surface area contributed by atoms with Gasteiger partial charge in [0.05, 0.1) is 6.10 Å². The highest BCUT2D eigenvalue weighted by molar-refractivity contribution is 5.31. The van der Waals surface area contributed by atoms with Crippen molar-refractivity contribution < 1.29 is 4.74 Å². The molecule has 2 aromatic rings. The Balaban J connectivity index is 1.69. The molecule has 0 spiro atoms. The van der Waals surface area contributed by atoms with E-state index in [0.29, 0.717) is 12.2 Å². The molecule has 0 unspecified atom stereocenters. The molecule has 1 saturated heterocycles. The highest BCUT2D eigenvalue weighted by atomic mass is 16.6. The van der Waals surface area contributed by atoms with Gasteiger partial charge in [0.25, 0.3) is 0 Å². The average Bonchev–Trinajstić information content (AvgIpc) is 3.08. The van der Waals surface area contributed by atoms with Gasteiger partial charge in [0, 0.05) is 6.42 Å². The zero-order chi connectivity index (χ0) is 12.5. The van der Waals surface area contributed by atoms with Crippen molar-refractivity contribution in [2.75, 3.05) is 0 Å². The first-order chi connectivity index (χ1) is 8.72. The van der Waals surface area contributed by atoms with Crippen molar-refractivity contribution in [3.05, 3.63) is 70.8 Å². The summed E-state index contributed by atoms with van der Waals surface area (Å²) in [5.41, 5.74) is 5.35. The van der Waals surface area contributed by atoms with E-state index in [2.05, 4.69) is 56.3 Å². The lowest BCUT2D eigenvalue weighted by molar-refractivity contribution is 0.373. The number of ether oxygens (including phenoxy) is 1. The quantitative estimate of drug-likeness (QED) is 0.737. The van der Waals surface area contributed by atoms with Gasteiger partial charge in [-0.2, -0.15) is 0 Å². The Morgan fingerprint density at radius 2 is 1.61 bits per heavy atom. The Morgan fingerprint density at radius 1 is 0.944 bits per heavy atom. The first kappa shape index (κ1) is 11.5. The molecule has 1 aliphatic rings. The number of hydrogen-bond donors (Lipinski definition) is 0. The summed E-state index contributed by atoms with van der Waals surface area (Å²) in [7, 11) is 0. The van der Waals surface area contributed by atoms with Crippen LogP contribution in [-0.2, 0) is 11.2 Å². The number of rotatable bonds is 3. The van der Waals surface area contributed by atoms with Crippen LogP contribution in [0.15, 0.2) is 48.5 Å². The minimum atomic E-state index is 0.298. The Kier molecular flexibility index (Phi) is 2.92. The smallest absolute Gasteiger partial charge is 0.109 e. The van der Waals surface area contributed by atoms with Crippen LogP contribution in [0.4, 0.5) is 0 Å². The molecular formula is C17H18O. The summed E-state index contributed by atoms with van der Waals surface area (Å²) in [6.45, 7) is 4.30. The number of aryl methyl sites for hydroxylation is 2. The molecule has 2 atom stereocenters. The Hall–Kier alpha value is -1.60. The molecule has 0 aromatic heterocycles. The van der Waals surface area contributed by atoms with E-state index in [1.165, 1.54) is 22.3 Å². The monoisotopic (exact) mass is 238 g/mol. The summed E-state index contributed by atoms with van der Waals surface area (Å²) < 4.78 is 5.79. The van der Waals surface area contributed by atoms with E-state index in [9.17, 15) is 0 Å². The molecule has 1 aliphatic heterocycles. The van der Waals surface area contributed by atoms with Crippen molar-refractivity contribution in [2.45, 2.75) is 32.5 Å². The van der Waals surface area contributed by atoms with Crippen LogP contribution in [0.5, 0.6) is 0 Å². The Bertz CT molecular complexity index is 525. The first-order valence-electron chi connectivity index (χ1n) is 6.50. The number of benzene rings is 2. The lowest BCUT2D eigenvalue weighted by Crippen LogP contribution is -1.96. The highest BCUT2D eigenvalue weighted by Crippen LogP contribution is 2.40. The number of epoxide rings is 1.